The Hall–Kier alpha value is -2.97. The van der Waals surface area contributed by atoms with Gasteiger partial charge in [-0.15, -0.1) is 0 Å². The van der Waals surface area contributed by atoms with E-state index in [9.17, 15) is 19.5 Å². The van der Waals surface area contributed by atoms with E-state index in [0.29, 0.717) is 19.3 Å². The first-order chi connectivity index (χ1) is 29.1. The van der Waals surface area contributed by atoms with Crippen molar-refractivity contribution in [2.75, 3.05) is 41.0 Å². The lowest BCUT2D eigenvalue weighted by atomic mass is 10.1. The lowest BCUT2D eigenvalue weighted by molar-refractivity contribution is -0.887. The third-order valence-electron chi connectivity index (χ3n) is 10.7. The van der Waals surface area contributed by atoms with Crippen LogP contribution in [0.5, 0.6) is 0 Å². The van der Waals surface area contributed by atoms with Crippen LogP contribution in [0.1, 0.15) is 200 Å². The lowest BCUT2D eigenvalue weighted by Gasteiger charge is -2.31. The Balaban J connectivity index is 4.29. The first-order valence-corrected chi connectivity index (χ1v) is 24.3. The molecule has 0 spiro atoms. The number of rotatable bonds is 43. The van der Waals surface area contributed by atoms with Crippen LogP contribution in [0, 0.1) is 0 Å². The number of unbranched alkanes of at least 4 members (excludes halogenated alkanes) is 19. The lowest BCUT2D eigenvalue weighted by Crippen LogP contribution is -2.50. The van der Waals surface area contributed by atoms with Gasteiger partial charge in [0.15, 0.2) is 12.1 Å². The summed E-state index contributed by atoms with van der Waals surface area (Å²) in [4.78, 5) is 37.1. The molecule has 0 aliphatic heterocycles. The van der Waals surface area contributed by atoms with Crippen LogP contribution in [0.3, 0.4) is 0 Å². The number of hydrogen-bond donors (Lipinski definition) is 1. The molecule has 0 aliphatic carbocycles. The summed E-state index contributed by atoms with van der Waals surface area (Å²) in [5.41, 5.74) is 0. The van der Waals surface area contributed by atoms with Crippen molar-refractivity contribution in [1.82, 2.24) is 0 Å². The summed E-state index contributed by atoms with van der Waals surface area (Å²) in [6, 6.07) is -0.619. The maximum Gasteiger partial charge on any atom is 0.362 e. The van der Waals surface area contributed by atoms with Gasteiger partial charge in [-0.25, -0.2) is 4.79 Å². The van der Waals surface area contributed by atoms with Crippen molar-refractivity contribution in [2.24, 2.45) is 0 Å². The van der Waals surface area contributed by atoms with E-state index in [-0.39, 0.29) is 36.2 Å². The molecular formula is C52H92NO7+. The Kier molecular flexibility index (Phi) is 40.6. The van der Waals surface area contributed by atoms with Crippen LogP contribution in [0.4, 0.5) is 0 Å². The second-order valence-corrected chi connectivity index (χ2v) is 17.3. The zero-order valence-electron chi connectivity index (χ0n) is 39.4. The van der Waals surface area contributed by atoms with E-state index in [1.807, 2.05) is 21.1 Å². The summed E-state index contributed by atoms with van der Waals surface area (Å²) < 4.78 is 17.3. The van der Waals surface area contributed by atoms with Gasteiger partial charge in [0.05, 0.1) is 34.4 Å². The predicted molar refractivity (Wildman–Crippen MR) is 252 cm³/mol. The van der Waals surface area contributed by atoms with E-state index in [0.717, 1.165) is 83.5 Å². The number of esters is 2. The SMILES string of the molecule is CC/C=C/C/C=C/C/C=C/C/C=C/CCCCCCCCCCCC(=O)OC(COCCC(C(=O)O)[N+](C)(C)C)COC(=O)CCCCC/C=C/CCCCCCCCC. The van der Waals surface area contributed by atoms with Crippen LogP contribution in [-0.4, -0.2) is 80.6 Å². The zero-order valence-corrected chi connectivity index (χ0v) is 39.4. The normalized spacial score (nSPS) is 13.4. The molecule has 0 aliphatic rings. The van der Waals surface area contributed by atoms with Gasteiger partial charge in [-0.05, 0) is 77.0 Å². The van der Waals surface area contributed by atoms with Crippen molar-refractivity contribution in [3.05, 3.63) is 60.8 Å². The van der Waals surface area contributed by atoms with E-state index < -0.39 is 18.1 Å². The summed E-state index contributed by atoms with van der Waals surface area (Å²) in [5, 5.41) is 9.64. The number of nitrogens with zero attached hydrogens (tertiary/aromatic N) is 1. The molecule has 0 fully saturated rings. The number of ether oxygens (including phenoxy) is 3. The average molecular weight is 843 g/mol. The van der Waals surface area contributed by atoms with Crippen molar-refractivity contribution < 1.29 is 38.2 Å². The zero-order chi connectivity index (χ0) is 44.2. The maximum absolute atomic E-state index is 12.8. The first-order valence-electron chi connectivity index (χ1n) is 24.3. The minimum atomic E-state index is -0.879. The fraction of sp³-hybridized carbons (Fsp3) is 0.750. The molecule has 0 saturated carbocycles. The fourth-order valence-corrected chi connectivity index (χ4v) is 6.90. The molecule has 2 atom stereocenters. The second kappa shape index (κ2) is 42.7. The summed E-state index contributed by atoms with van der Waals surface area (Å²) in [6.07, 6.45) is 52.6. The third kappa shape index (κ3) is 40.4. The topological polar surface area (TPSA) is 99.1 Å². The molecule has 0 amide bonds. The van der Waals surface area contributed by atoms with E-state index in [4.69, 9.17) is 14.2 Å². The van der Waals surface area contributed by atoms with Crippen molar-refractivity contribution in [1.29, 1.82) is 0 Å². The Morgan fingerprint density at radius 3 is 1.42 bits per heavy atom. The number of carbonyl (C=O) groups excluding carboxylic acids is 2. The number of carboxylic acid groups (broad SMARTS) is 1. The van der Waals surface area contributed by atoms with Crippen molar-refractivity contribution in [3.63, 3.8) is 0 Å². The van der Waals surface area contributed by atoms with Crippen LogP contribution in [0.2, 0.25) is 0 Å². The molecule has 8 heteroatoms. The van der Waals surface area contributed by atoms with Gasteiger partial charge in [0.1, 0.15) is 6.61 Å². The number of likely N-dealkylation sites (N-methyl/N-ethyl adjacent to an activating group) is 1. The molecule has 60 heavy (non-hydrogen) atoms. The van der Waals surface area contributed by atoms with Gasteiger partial charge in [-0.1, -0.05) is 164 Å². The van der Waals surface area contributed by atoms with E-state index in [1.165, 1.54) is 83.5 Å². The smallest absolute Gasteiger partial charge is 0.362 e. The molecule has 0 aromatic rings. The Labute approximate surface area is 368 Å². The van der Waals surface area contributed by atoms with Crippen molar-refractivity contribution in [3.8, 4) is 0 Å². The first kappa shape index (κ1) is 57.0. The van der Waals surface area contributed by atoms with Crippen LogP contribution < -0.4 is 0 Å². The number of carbonyl (C=O) groups is 3. The Morgan fingerprint density at radius 2 is 0.933 bits per heavy atom. The maximum atomic E-state index is 12.8. The third-order valence-corrected chi connectivity index (χ3v) is 10.7. The van der Waals surface area contributed by atoms with Crippen LogP contribution >= 0.6 is 0 Å². The predicted octanol–water partition coefficient (Wildman–Crippen LogP) is 13.8. The van der Waals surface area contributed by atoms with Crippen molar-refractivity contribution >= 4 is 17.9 Å². The number of aliphatic carboxylic acids is 1. The van der Waals surface area contributed by atoms with Gasteiger partial charge < -0.3 is 23.8 Å². The Morgan fingerprint density at radius 1 is 0.517 bits per heavy atom. The molecule has 0 radical (unpaired) electrons. The van der Waals surface area contributed by atoms with Gasteiger partial charge in [-0.2, -0.15) is 0 Å². The molecule has 1 N–H and O–H groups in total. The largest absolute Gasteiger partial charge is 0.477 e. The molecular weight excluding hydrogens is 751 g/mol. The standard InChI is InChI=1S/C52H91NO7/c1-6-8-10-12-14-16-18-20-22-23-24-25-26-27-28-29-31-33-35-37-39-41-43-51(55)60-48(46-58-45-44-49(52(56)57)53(3,4)5)47-59-50(54)42-40-38-36-34-32-30-21-19-17-15-13-11-9-7-2/h8,10,14,16,20,22,24-25,30,32,48-49H,6-7,9,11-13,15,17-19,21,23,26-29,31,33-47H2,1-5H3/p+1/b10-8+,16-14+,22-20+,25-24+,32-30+. The number of carboxylic acids is 1. The molecule has 0 aromatic heterocycles. The minimum Gasteiger partial charge on any atom is -0.477 e. The highest BCUT2D eigenvalue weighted by Crippen LogP contribution is 2.14. The highest BCUT2D eigenvalue weighted by molar-refractivity contribution is 5.72. The molecule has 2 unspecified atom stereocenters. The van der Waals surface area contributed by atoms with Gasteiger partial charge in [0.2, 0.25) is 0 Å². The number of quaternary nitrogens is 1. The molecule has 8 nitrogen and oxygen atoms in total. The van der Waals surface area contributed by atoms with Crippen molar-refractivity contribution in [2.45, 2.75) is 212 Å². The van der Waals surface area contributed by atoms with Gasteiger partial charge in [0.25, 0.3) is 0 Å². The summed E-state index contributed by atoms with van der Waals surface area (Å²) >= 11 is 0. The van der Waals surface area contributed by atoms with Crippen LogP contribution in [0.15, 0.2) is 60.8 Å². The number of allylic oxidation sites excluding steroid dienone is 10. The quantitative estimate of drug-likeness (QED) is 0.0282. The van der Waals surface area contributed by atoms with Crippen LogP contribution in [-0.2, 0) is 28.6 Å². The molecule has 0 bridgehead atoms. The molecule has 0 rings (SSSR count). The molecule has 0 saturated heterocycles. The molecule has 0 aromatic carbocycles. The fourth-order valence-electron chi connectivity index (χ4n) is 6.90. The van der Waals surface area contributed by atoms with E-state index in [2.05, 4.69) is 74.6 Å². The highest BCUT2D eigenvalue weighted by atomic mass is 16.6. The molecule has 0 heterocycles. The molecule has 346 valence electrons. The number of hydrogen-bond acceptors (Lipinski definition) is 6. The van der Waals surface area contributed by atoms with Gasteiger partial charge >= 0.3 is 17.9 Å². The van der Waals surface area contributed by atoms with Gasteiger partial charge in [-0.3, -0.25) is 9.59 Å². The van der Waals surface area contributed by atoms with E-state index in [1.54, 1.807) is 0 Å². The highest BCUT2D eigenvalue weighted by Gasteiger charge is 2.31. The summed E-state index contributed by atoms with van der Waals surface area (Å²) in [7, 11) is 5.52. The average Bonchev–Trinajstić information content (AvgIpc) is 3.21. The Bertz CT molecular complexity index is 1170. The monoisotopic (exact) mass is 843 g/mol. The summed E-state index contributed by atoms with van der Waals surface area (Å²) in [6.45, 7) is 4.60. The minimum absolute atomic E-state index is 0.0527. The summed E-state index contributed by atoms with van der Waals surface area (Å²) in [5.74, 6) is -1.49. The van der Waals surface area contributed by atoms with Gasteiger partial charge in [0, 0.05) is 19.3 Å². The second-order valence-electron chi connectivity index (χ2n) is 17.3. The van der Waals surface area contributed by atoms with Crippen LogP contribution in [0.25, 0.3) is 0 Å². The van der Waals surface area contributed by atoms with E-state index >= 15 is 0 Å².